The van der Waals surface area contributed by atoms with E-state index in [1.165, 1.54) is 6.42 Å². The highest BCUT2D eigenvalue weighted by atomic mass is 35.5. The first-order valence-electron chi connectivity index (χ1n) is 7.64. The van der Waals surface area contributed by atoms with Gasteiger partial charge in [-0.05, 0) is 37.4 Å². The Bertz CT molecular complexity index is 651. The lowest BCUT2D eigenvalue weighted by atomic mass is 9.84. The van der Waals surface area contributed by atoms with Crippen LogP contribution in [0, 0.1) is 5.92 Å². The lowest BCUT2D eigenvalue weighted by Gasteiger charge is -2.31. The summed E-state index contributed by atoms with van der Waals surface area (Å²) in [5.74, 6) is 0.300. The third-order valence-electron chi connectivity index (χ3n) is 4.36. The molecular weight excluding hydrogens is 333 g/mol. The van der Waals surface area contributed by atoms with E-state index in [4.69, 9.17) is 5.73 Å². The standard InChI is InChI=1S/C17H21N3O.2ClH/c18-11-13-6-2-4-8-15(13)20-17(21)16-10-9-12-5-1-3-7-14(12)19-16;;/h1,3,5,7,9-10,13,15H,2,4,6,8,11,18H2,(H,20,21);2*1H. The number of carbonyl (C=O) groups excluding carboxylic acids is 1. The van der Waals surface area contributed by atoms with E-state index in [1.807, 2.05) is 30.3 Å². The van der Waals surface area contributed by atoms with Crippen LogP contribution in [-0.2, 0) is 0 Å². The maximum Gasteiger partial charge on any atom is 0.270 e. The summed E-state index contributed by atoms with van der Waals surface area (Å²) in [5, 5.41) is 4.17. The van der Waals surface area contributed by atoms with Crippen molar-refractivity contribution >= 4 is 41.6 Å². The SMILES string of the molecule is Cl.Cl.NCC1CCCCC1NC(=O)c1ccc2ccccc2n1. The number of nitrogens with zero attached hydrogens (tertiary/aromatic N) is 1. The molecule has 23 heavy (non-hydrogen) atoms. The normalized spacial score (nSPS) is 20.2. The van der Waals surface area contributed by atoms with Crippen LogP contribution in [0.1, 0.15) is 36.2 Å². The van der Waals surface area contributed by atoms with Gasteiger partial charge in [0, 0.05) is 11.4 Å². The fraction of sp³-hybridized carbons (Fsp3) is 0.412. The first-order chi connectivity index (χ1) is 10.3. The number of aromatic nitrogens is 1. The van der Waals surface area contributed by atoms with Gasteiger partial charge in [-0.25, -0.2) is 4.98 Å². The topological polar surface area (TPSA) is 68.0 Å². The summed E-state index contributed by atoms with van der Waals surface area (Å²) in [6, 6.07) is 11.7. The lowest BCUT2D eigenvalue weighted by molar-refractivity contribution is 0.0903. The van der Waals surface area contributed by atoms with Crippen molar-refractivity contribution in [2.24, 2.45) is 11.7 Å². The second-order valence-electron chi connectivity index (χ2n) is 5.75. The molecule has 2 atom stereocenters. The van der Waals surface area contributed by atoms with E-state index in [2.05, 4.69) is 10.3 Å². The summed E-state index contributed by atoms with van der Waals surface area (Å²) >= 11 is 0. The maximum absolute atomic E-state index is 12.4. The van der Waals surface area contributed by atoms with Gasteiger partial charge < -0.3 is 11.1 Å². The van der Waals surface area contributed by atoms with Crippen molar-refractivity contribution in [3.63, 3.8) is 0 Å². The summed E-state index contributed by atoms with van der Waals surface area (Å²) in [5.41, 5.74) is 7.15. The number of benzene rings is 1. The molecule has 0 radical (unpaired) electrons. The number of nitrogens with two attached hydrogens (primary N) is 1. The average molecular weight is 356 g/mol. The molecule has 3 rings (SSSR count). The molecule has 1 aromatic heterocycles. The van der Waals surface area contributed by atoms with Crippen LogP contribution in [0.5, 0.6) is 0 Å². The third-order valence-corrected chi connectivity index (χ3v) is 4.36. The van der Waals surface area contributed by atoms with Crippen molar-refractivity contribution in [2.45, 2.75) is 31.7 Å². The van der Waals surface area contributed by atoms with E-state index in [-0.39, 0.29) is 36.8 Å². The Balaban J connectivity index is 0.00000132. The van der Waals surface area contributed by atoms with E-state index < -0.39 is 0 Å². The largest absolute Gasteiger partial charge is 0.348 e. The lowest BCUT2D eigenvalue weighted by Crippen LogP contribution is -2.44. The minimum atomic E-state index is -0.0916. The molecule has 1 aromatic carbocycles. The molecular formula is C17H23Cl2N3O. The second-order valence-corrected chi connectivity index (χ2v) is 5.75. The highest BCUT2D eigenvalue weighted by Crippen LogP contribution is 2.23. The molecule has 3 N–H and O–H groups in total. The highest BCUT2D eigenvalue weighted by Gasteiger charge is 2.25. The number of halogens is 2. The zero-order valence-electron chi connectivity index (χ0n) is 12.9. The quantitative estimate of drug-likeness (QED) is 0.887. The first-order valence-corrected chi connectivity index (χ1v) is 7.64. The monoisotopic (exact) mass is 355 g/mol. The predicted octanol–water partition coefficient (Wildman–Crippen LogP) is 3.33. The van der Waals surface area contributed by atoms with E-state index >= 15 is 0 Å². The number of nitrogens with one attached hydrogen (secondary N) is 1. The fourth-order valence-corrected chi connectivity index (χ4v) is 3.11. The Morgan fingerprint density at radius 2 is 1.87 bits per heavy atom. The van der Waals surface area contributed by atoms with Gasteiger partial charge in [-0.2, -0.15) is 0 Å². The van der Waals surface area contributed by atoms with Crippen LogP contribution in [0.2, 0.25) is 0 Å². The van der Waals surface area contributed by atoms with Gasteiger partial charge in [-0.15, -0.1) is 24.8 Å². The number of pyridine rings is 1. The van der Waals surface area contributed by atoms with Crippen LogP contribution >= 0.6 is 24.8 Å². The Morgan fingerprint density at radius 1 is 1.13 bits per heavy atom. The minimum Gasteiger partial charge on any atom is -0.348 e. The second kappa shape index (κ2) is 9.06. The zero-order valence-corrected chi connectivity index (χ0v) is 14.5. The Morgan fingerprint density at radius 3 is 2.65 bits per heavy atom. The smallest absolute Gasteiger partial charge is 0.270 e. The van der Waals surface area contributed by atoms with Crippen molar-refractivity contribution in [1.29, 1.82) is 0 Å². The first kappa shape index (κ1) is 19.7. The summed E-state index contributed by atoms with van der Waals surface area (Å²) < 4.78 is 0. The van der Waals surface area contributed by atoms with E-state index in [9.17, 15) is 4.79 Å². The van der Waals surface area contributed by atoms with Crippen molar-refractivity contribution in [2.75, 3.05) is 6.54 Å². The Kier molecular flexibility index (Phi) is 7.76. The van der Waals surface area contributed by atoms with Crippen LogP contribution in [0.3, 0.4) is 0 Å². The molecule has 0 bridgehead atoms. The molecule has 1 fully saturated rings. The van der Waals surface area contributed by atoms with Gasteiger partial charge in [0.15, 0.2) is 0 Å². The number of hydrogen-bond acceptors (Lipinski definition) is 3. The molecule has 2 unspecified atom stereocenters. The molecule has 2 aromatic rings. The van der Waals surface area contributed by atoms with Crippen molar-refractivity contribution in [1.82, 2.24) is 10.3 Å². The van der Waals surface area contributed by atoms with Crippen LogP contribution in [0.4, 0.5) is 0 Å². The molecule has 1 aliphatic rings. The average Bonchev–Trinajstić information content (AvgIpc) is 2.55. The number of amides is 1. The van der Waals surface area contributed by atoms with E-state index in [0.29, 0.717) is 18.2 Å². The summed E-state index contributed by atoms with van der Waals surface area (Å²) in [4.78, 5) is 16.9. The number of rotatable bonds is 3. The molecule has 0 spiro atoms. The summed E-state index contributed by atoms with van der Waals surface area (Å²) in [7, 11) is 0. The summed E-state index contributed by atoms with van der Waals surface area (Å²) in [6.45, 7) is 0.635. The molecule has 1 amide bonds. The minimum absolute atomic E-state index is 0. The van der Waals surface area contributed by atoms with Crippen molar-refractivity contribution < 1.29 is 4.79 Å². The van der Waals surface area contributed by atoms with Gasteiger partial charge in [0.05, 0.1) is 5.52 Å². The van der Waals surface area contributed by atoms with Crippen LogP contribution in [0.15, 0.2) is 36.4 Å². The van der Waals surface area contributed by atoms with Crippen LogP contribution in [0.25, 0.3) is 10.9 Å². The van der Waals surface area contributed by atoms with Crippen LogP contribution in [-0.4, -0.2) is 23.5 Å². The van der Waals surface area contributed by atoms with Crippen molar-refractivity contribution in [3.8, 4) is 0 Å². The third kappa shape index (κ3) is 4.56. The van der Waals surface area contributed by atoms with Gasteiger partial charge in [0.25, 0.3) is 5.91 Å². The van der Waals surface area contributed by atoms with Gasteiger partial charge >= 0.3 is 0 Å². The maximum atomic E-state index is 12.4. The highest BCUT2D eigenvalue weighted by molar-refractivity contribution is 5.95. The Labute approximate surface area is 149 Å². The van der Waals surface area contributed by atoms with Gasteiger partial charge in [-0.3, -0.25) is 4.79 Å². The fourth-order valence-electron chi connectivity index (χ4n) is 3.11. The number of hydrogen-bond donors (Lipinski definition) is 2. The van der Waals surface area contributed by atoms with Gasteiger partial charge in [0.2, 0.25) is 0 Å². The number of carbonyl (C=O) groups is 1. The molecule has 126 valence electrons. The van der Waals surface area contributed by atoms with Crippen molar-refractivity contribution in [3.05, 3.63) is 42.1 Å². The molecule has 0 saturated heterocycles. The van der Waals surface area contributed by atoms with Gasteiger partial charge in [-0.1, -0.05) is 37.1 Å². The molecule has 4 nitrogen and oxygen atoms in total. The predicted molar refractivity (Wildman–Crippen MR) is 98.5 cm³/mol. The molecule has 1 heterocycles. The van der Waals surface area contributed by atoms with Crippen LogP contribution < -0.4 is 11.1 Å². The van der Waals surface area contributed by atoms with E-state index in [0.717, 1.165) is 30.2 Å². The Hall–Kier alpha value is -1.36. The number of para-hydroxylation sites is 1. The zero-order chi connectivity index (χ0) is 14.7. The molecule has 0 aliphatic heterocycles. The number of fused-ring (bicyclic) bond motifs is 1. The van der Waals surface area contributed by atoms with E-state index in [1.54, 1.807) is 6.07 Å². The van der Waals surface area contributed by atoms with Gasteiger partial charge in [0.1, 0.15) is 5.69 Å². The summed E-state index contributed by atoms with van der Waals surface area (Å²) in [6.07, 6.45) is 4.49. The molecule has 1 aliphatic carbocycles. The molecule has 6 heteroatoms. The molecule has 1 saturated carbocycles.